The number of aromatic nitrogens is 3. The minimum atomic E-state index is -1.25. The van der Waals surface area contributed by atoms with Crippen LogP contribution in [0, 0.1) is 6.92 Å². The summed E-state index contributed by atoms with van der Waals surface area (Å²) in [7, 11) is -1.25. The molecule has 0 aromatic carbocycles. The van der Waals surface area contributed by atoms with Crippen LogP contribution in [0.3, 0.4) is 0 Å². The molecule has 0 aliphatic carbocycles. The summed E-state index contributed by atoms with van der Waals surface area (Å²) in [6.07, 6.45) is 2.00. The Balaban J connectivity index is 2.89. The van der Waals surface area contributed by atoms with Gasteiger partial charge in [-0.05, 0) is 6.92 Å². The number of nitrogens with zero attached hydrogens (tertiary/aromatic N) is 3. The molecule has 0 aliphatic rings. The van der Waals surface area contributed by atoms with E-state index >= 15 is 0 Å². The molecule has 1 radical (unpaired) electrons. The van der Waals surface area contributed by atoms with E-state index in [9.17, 15) is 0 Å². The molecule has 0 amide bonds. The monoisotopic (exact) mass is 168 g/mol. The molecule has 61 valence electrons. The molecule has 1 aromatic heterocycles. The maximum Gasteiger partial charge on any atom is 0.106 e. The van der Waals surface area contributed by atoms with Crippen LogP contribution in [0.4, 0.5) is 0 Å². The van der Waals surface area contributed by atoms with E-state index in [4.69, 9.17) is 0 Å². The van der Waals surface area contributed by atoms with Gasteiger partial charge in [0.05, 0.1) is 5.32 Å². The summed E-state index contributed by atoms with van der Waals surface area (Å²) in [5, 5.41) is 9.19. The third kappa shape index (κ3) is 1.89. The van der Waals surface area contributed by atoms with Crippen LogP contribution in [0.15, 0.2) is 6.20 Å². The van der Waals surface area contributed by atoms with Crippen molar-refractivity contribution in [3.63, 3.8) is 0 Å². The van der Waals surface area contributed by atoms with Crippen molar-refractivity contribution in [3.05, 3.63) is 13.1 Å². The summed E-state index contributed by atoms with van der Waals surface area (Å²) in [6.45, 7) is 11.2. The highest BCUT2D eigenvalue weighted by Crippen LogP contribution is 1.98. The standard InChI is InChI=1S/C7H14N3Si/c1-5-10-6-7(8-9-10)11(2,3)4/h6H,1,5H2,2-4H3. The van der Waals surface area contributed by atoms with Crippen LogP contribution < -0.4 is 5.32 Å². The van der Waals surface area contributed by atoms with E-state index in [1.165, 1.54) is 0 Å². The second-order valence-corrected chi connectivity index (χ2v) is 8.63. The minimum Gasteiger partial charge on any atom is -0.253 e. The molecule has 0 aliphatic heterocycles. The van der Waals surface area contributed by atoms with E-state index < -0.39 is 8.07 Å². The summed E-state index contributed by atoms with van der Waals surface area (Å²) < 4.78 is 1.77. The van der Waals surface area contributed by atoms with Gasteiger partial charge in [0, 0.05) is 12.7 Å². The van der Waals surface area contributed by atoms with Crippen molar-refractivity contribution >= 4 is 13.4 Å². The fourth-order valence-corrected chi connectivity index (χ4v) is 1.63. The molecule has 0 unspecified atom stereocenters. The van der Waals surface area contributed by atoms with Crippen molar-refractivity contribution < 1.29 is 0 Å². The van der Waals surface area contributed by atoms with Crippen LogP contribution in [0.5, 0.6) is 0 Å². The summed E-state index contributed by atoms with van der Waals surface area (Å²) in [4.78, 5) is 0. The Morgan fingerprint density at radius 1 is 1.55 bits per heavy atom. The van der Waals surface area contributed by atoms with E-state index in [2.05, 4.69) is 36.9 Å². The lowest BCUT2D eigenvalue weighted by Gasteiger charge is -2.09. The summed E-state index contributed by atoms with van der Waals surface area (Å²) in [5.41, 5.74) is 0. The first-order chi connectivity index (χ1) is 5.04. The predicted molar refractivity (Wildman–Crippen MR) is 48.4 cm³/mol. The van der Waals surface area contributed by atoms with Crippen molar-refractivity contribution in [1.29, 1.82) is 0 Å². The Kier molecular flexibility index (Phi) is 2.13. The van der Waals surface area contributed by atoms with Gasteiger partial charge in [0.15, 0.2) is 0 Å². The molecule has 11 heavy (non-hydrogen) atoms. The average Bonchev–Trinajstić information content (AvgIpc) is 2.32. The zero-order chi connectivity index (χ0) is 8.48. The third-order valence-electron chi connectivity index (χ3n) is 1.54. The van der Waals surface area contributed by atoms with Crippen LogP contribution >= 0.6 is 0 Å². The van der Waals surface area contributed by atoms with Crippen molar-refractivity contribution in [2.24, 2.45) is 0 Å². The van der Waals surface area contributed by atoms with Crippen molar-refractivity contribution in [1.82, 2.24) is 15.0 Å². The highest BCUT2D eigenvalue weighted by atomic mass is 28.3. The van der Waals surface area contributed by atoms with E-state index in [-0.39, 0.29) is 0 Å². The van der Waals surface area contributed by atoms with Crippen molar-refractivity contribution in [3.8, 4) is 0 Å². The molecule has 3 nitrogen and oxygen atoms in total. The molecule has 0 bridgehead atoms. The summed E-state index contributed by atoms with van der Waals surface area (Å²) in [5.74, 6) is 0. The molecule has 0 fully saturated rings. The Morgan fingerprint density at radius 2 is 2.18 bits per heavy atom. The smallest absolute Gasteiger partial charge is 0.106 e. The quantitative estimate of drug-likeness (QED) is 0.607. The lowest BCUT2D eigenvalue weighted by molar-refractivity contribution is 0.660. The highest BCUT2D eigenvalue weighted by molar-refractivity contribution is 6.88. The first-order valence-corrected chi connectivity index (χ1v) is 7.24. The molecular formula is C7H14N3Si. The Labute approximate surface area is 68.4 Å². The lowest BCUT2D eigenvalue weighted by atomic mass is 10.7. The molecule has 0 saturated heterocycles. The average molecular weight is 168 g/mol. The zero-order valence-corrected chi connectivity index (χ0v) is 8.33. The Morgan fingerprint density at radius 3 is 2.45 bits per heavy atom. The van der Waals surface area contributed by atoms with Gasteiger partial charge in [-0.1, -0.05) is 24.9 Å². The van der Waals surface area contributed by atoms with Crippen LogP contribution in [0.25, 0.3) is 0 Å². The highest BCUT2D eigenvalue weighted by Gasteiger charge is 2.19. The van der Waals surface area contributed by atoms with Crippen molar-refractivity contribution in [2.45, 2.75) is 26.2 Å². The molecular weight excluding hydrogens is 154 g/mol. The van der Waals surface area contributed by atoms with Gasteiger partial charge in [-0.25, -0.2) is 0 Å². The zero-order valence-electron chi connectivity index (χ0n) is 7.33. The summed E-state index contributed by atoms with van der Waals surface area (Å²) >= 11 is 0. The van der Waals surface area contributed by atoms with Crippen LogP contribution in [-0.4, -0.2) is 23.1 Å². The van der Waals surface area contributed by atoms with Gasteiger partial charge >= 0.3 is 0 Å². The predicted octanol–water partition coefficient (Wildman–Crippen LogP) is 0.657. The SMILES string of the molecule is [CH2]Cn1cc([Si](C)(C)C)nn1. The molecule has 0 atom stereocenters. The largest absolute Gasteiger partial charge is 0.253 e. The normalized spacial score (nSPS) is 12.0. The number of hydrogen-bond acceptors (Lipinski definition) is 2. The van der Waals surface area contributed by atoms with E-state index in [1.807, 2.05) is 6.20 Å². The first kappa shape index (κ1) is 8.45. The summed E-state index contributed by atoms with van der Waals surface area (Å²) in [6, 6.07) is 0. The van der Waals surface area contributed by atoms with Gasteiger partial charge in [0.25, 0.3) is 0 Å². The third-order valence-corrected chi connectivity index (χ3v) is 3.30. The molecule has 1 rings (SSSR count). The molecule has 1 heterocycles. The fraction of sp³-hybridized carbons (Fsp3) is 0.571. The topological polar surface area (TPSA) is 30.7 Å². The maximum absolute atomic E-state index is 4.09. The molecule has 4 heteroatoms. The second-order valence-electron chi connectivity index (χ2n) is 3.62. The fourth-order valence-electron chi connectivity index (χ4n) is 0.751. The molecule has 1 aromatic rings. The van der Waals surface area contributed by atoms with Crippen LogP contribution in [0.1, 0.15) is 0 Å². The van der Waals surface area contributed by atoms with Crippen LogP contribution in [0.2, 0.25) is 19.6 Å². The van der Waals surface area contributed by atoms with Crippen LogP contribution in [-0.2, 0) is 6.54 Å². The van der Waals surface area contributed by atoms with Gasteiger partial charge in [0.2, 0.25) is 0 Å². The van der Waals surface area contributed by atoms with E-state index in [0.29, 0.717) is 6.54 Å². The number of rotatable bonds is 2. The van der Waals surface area contributed by atoms with E-state index in [1.54, 1.807) is 4.68 Å². The lowest BCUT2D eigenvalue weighted by Crippen LogP contribution is -2.38. The maximum atomic E-state index is 4.09. The Bertz CT molecular complexity index is 236. The molecule has 0 spiro atoms. The van der Waals surface area contributed by atoms with Crippen molar-refractivity contribution in [2.75, 3.05) is 0 Å². The van der Waals surface area contributed by atoms with Gasteiger partial charge in [-0.15, -0.1) is 5.10 Å². The first-order valence-electron chi connectivity index (χ1n) is 3.74. The molecule has 0 saturated carbocycles. The van der Waals surface area contributed by atoms with Gasteiger partial charge in [0.1, 0.15) is 8.07 Å². The Hall–Kier alpha value is -0.643. The minimum absolute atomic E-state index is 0.664. The van der Waals surface area contributed by atoms with E-state index in [0.717, 1.165) is 5.32 Å². The van der Waals surface area contributed by atoms with Gasteiger partial charge < -0.3 is 0 Å². The van der Waals surface area contributed by atoms with Gasteiger partial charge in [-0.3, -0.25) is 4.68 Å². The molecule has 0 N–H and O–H groups in total. The second kappa shape index (κ2) is 2.77. The van der Waals surface area contributed by atoms with Gasteiger partial charge in [-0.2, -0.15) is 0 Å². The number of hydrogen-bond donors (Lipinski definition) is 0.